The smallest absolute Gasteiger partial charge is 0.135 e. The van der Waals surface area contributed by atoms with Gasteiger partial charge in [0.25, 0.3) is 0 Å². The van der Waals surface area contributed by atoms with E-state index in [1.54, 1.807) is 0 Å². The van der Waals surface area contributed by atoms with Crippen LogP contribution in [-0.4, -0.2) is 0 Å². The first-order valence-electron chi connectivity index (χ1n) is 23.1. The van der Waals surface area contributed by atoms with Gasteiger partial charge in [0.15, 0.2) is 0 Å². The summed E-state index contributed by atoms with van der Waals surface area (Å²) in [5.74, 6) is 0. The highest BCUT2D eigenvalue weighted by molar-refractivity contribution is 6.09. The Balaban J connectivity index is 1.08. The van der Waals surface area contributed by atoms with Gasteiger partial charge in [0.1, 0.15) is 11.2 Å². The summed E-state index contributed by atoms with van der Waals surface area (Å²) in [6.45, 7) is 4.74. The Labute approximate surface area is 384 Å². The van der Waals surface area contributed by atoms with Crippen LogP contribution in [-0.2, 0) is 10.8 Å². The van der Waals surface area contributed by atoms with Crippen LogP contribution in [0.25, 0.3) is 77.6 Å². The molecule has 1 spiro atoms. The Hall–Kier alpha value is -8.20. The largest absolute Gasteiger partial charge is 0.456 e. The molecule has 0 amide bonds. The molecule has 11 aromatic rings. The van der Waals surface area contributed by atoms with Gasteiger partial charge in [0.05, 0.1) is 11.1 Å². The fraction of sp³-hybridized carbons (Fsp3) is 0.0625. The van der Waals surface area contributed by atoms with Gasteiger partial charge in [0.2, 0.25) is 0 Å². The van der Waals surface area contributed by atoms with Crippen LogP contribution in [0.2, 0.25) is 0 Å². The van der Waals surface area contributed by atoms with Gasteiger partial charge in [-0.1, -0.05) is 190 Å². The van der Waals surface area contributed by atoms with Gasteiger partial charge in [-0.3, -0.25) is 0 Å². The van der Waals surface area contributed by atoms with Crippen LogP contribution in [0.15, 0.2) is 229 Å². The van der Waals surface area contributed by atoms with Crippen molar-refractivity contribution >= 4 is 39.0 Å². The second-order valence-electron chi connectivity index (χ2n) is 18.7. The highest BCUT2D eigenvalue weighted by Crippen LogP contribution is 2.63. The Bertz CT molecular complexity index is 3810. The summed E-state index contributed by atoms with van der Waals surface area (Å²) in [5, 5.41) is 2.28. The molecule has 1 heterocycles. The van der Waals surface area contributed by atoms with E-state index in [0.717, 1.165) is 39.0 Å². The van der Waals surface area contributed by atoms with Crippen molar-refractivity contribution in [3.63, 3.8) is 0 Å². The minimum Gasteiger partial charge on any atom is -0.456 e. The maximum Gasteiger partial charge on any atom is 0.135 e. The fourth-order valence-electron chi connectivity index (χ4n) is 12.2. The second kappa shape index (κ2) is 13.7. The van der Waals surface area contributed by atoms with Crippen LogP contribution < -0.4 is 4.90 Å². The van der Waals surface area contributed by atoms with Crippen molar-refractivity contribution in [1.29, 1.82) is 0 Å². The molecule has 0 bridgehead atoms. The van der Waals surface area contributed by atoms with Crippen molar-refractivity contribution in [2.24, 2.45) is 0 Å². The molecule has 2 heteroatoms. The molecule has 0 N–H and O–H groups in total. The predicted molar refractivity (Wildman–Crippen MR) is 273 cm³/mol. The monoisotopic (exact) mass is 841 g/mol. The zero-order valence-corrected chi connectivity index (χ0v) is 36.7. The molecule has 0 saturated heterocycles. The molecule has 0 fully saturated rings. The van der Waals surface area contributed by atoms with Crippen molar-refractivity contribution in [1.82, 2.24) is 0 Å². The quantitative estimate of drug-likeness (QED) is 0.176. The SMILES string of the molecule is CC1(C)c2ccccc2-c2ccc(N(c3ccc4c(c3)-c3ccccc3-c3ccccc3C43c4ccccc4-c4cc5c(cc43)oc3ccccc35)c3ccccc3-c3ccccc3)cc21. The van der Waals surface area contributed by atoms with E-state index in [2.05, 4.69) is 243 Å². The Morgan fingerprint density at radius 3 is 1.59 bits per heavy atom. The minimum atomic E-state index is -0.654. The van der Waals surface area contributed by atoms with Crippen LogP contribution in [0.5, 0.6) is 0 Å². The molecular weight excluding hydrogens is 799 g/mol. The third-order valence-electron chi connectivity index (χ3n) is 15.1. The van der Waals surface area contributed by atoms with Gasteiger partial charge in [-0.2, -0.15) is 0 Å². The van der Waals surface area contributed by atoms with E-state index in [0.29, 0.717) is 0 Å². The Morgan fingerprint density at radius 1 is 0.318 bits per heavy atom. The summed E-state index contributed by atoms with van der Waals surface area (Å²) < 4.78 is 6.74. The van der Waals surface area contributed by atoms with Gasteiger partial charge in [-0.15, -0.1) is 0 Å². The fourth-order valence-corrected chi connectivity index (χ4v) is 12.2. The van der Waals surface area contributed by atoms with Crippen LogP contribution in [0, 0.1) is 0 Å². The molecule has 2 nitrogen and oxygen atoms in total. The molecule has 66 heavy (non-hydrogen) atoms. The third kappa shape index (κ3) is 4.96. The van der Waals surface area contributed by atoms with Crippen LogP contribution in [0.4, 0.5) is 17.1 Å². The van der Waals surface area contributed by atoms with E-state index in [-0.39, 0.29) is 5.41 Å². The number of nitrogens with zero attached hydrogens (tertiary/aromatic N) is 1. The molecule has 0 aliphatic heterocycles. The molecule has 0 radical (unpaired) electrons. The van der Waals surface area contributed by atoms with E-state index < -0.39 is 5.41 Å². The van der Waals surface area contributed by atoms with Gasteiger partial charge >= 0.3 is 0 Å². The van der Waals surface area contributed by atoms with E-state index in [1.807, 2.05) is 0 Å². The summed E-state index contributed by atoms with van der Waals surface area (Å²) in [6, 6.07) is 83.5. The molecule has 1 aromatic heterocycles. The van der Waals surface area contributed by atoms with E-state index in [4.69, 9.17) is 4.42 Å². The van der Waals surface area contributed by atoms with Crippen LogP contribution in [0.1, 0.15) is 47.2 Å². The molecule has 14 rings (SSSR count). The lowest BCUT2D eigenvalue weighted by Crippen LogP contribution is -2.29. The lowest BCUT2D eigenvalue weighted by molar-refractivity contribution is 0.660. The Kier molecular flexibility index (Phi) is 7.70. The highest BCUT2D eigenvalue weighted by atomic mass is 16.3. The molecule has 0 saturated carbocycles. The summed E-state index contributed by atoms with van der Waals surface area (Å²) in [6.07, 6.45) is 0. The molecular formula is C64H43NO. The molecule has 1 atom stereocenters. The average Bonchev–Trinajstić information content (AvgIpc) is 3.93. The Morgan fingerprint density at radius 2 is 0.833 bits per heavy atom. The van der Waals surface area contributed by atoms with Gasteiger partial charge in [0, 0.05) is 33.1 Å². The van der Waals surface area contributed by atoms with E-state index in [1.165, 1.54) is 89.0 Å². The van der Waals surface area contributed by atoms with Gasteiger partial charge in [-0.25, -0.2) is 0 Å². The third-order valence-corrected chi connectivity index (χ3v) is 15.1. The zero-order valence-electron chi connectivity index (χ0n) is 36.7. The van der Waals surface area contributed by atoms with E-state index in [9.17, 15) is 0 Å². The maximum atomic E-state index is 6.74. The highest BCUT2D eigenvalue weighted by Gasteiger charge is 2.50. The number of hydrogen-bond donors (Lipinski definition) is 0. The summed E-state index contributed by atoms with van der Waals surface area (Å²) in [4.78, 5) is 2.50. The van der Waals surface area contributed by atoms with Crippen LogP contribution in [0.3, 0.4) is 0 Å². The van der Waals surface area contributed by atoms with Crippen molar-refractivity contribution in [3.8, 4) is 55.6 Å². The number of rotatable bonds is 4. The zero-order chi connectivity index (χ0) is 43.7. The topological polar surface area (TPSA) is 16.4 Å². The van der Waals surface area contributed by atoms with Crippen LogP contribution >= 0.6 is 0 Å². The number of para-hydroxylation sites is 2. The number of hydrogen-bond acceptors (Lipinski definition) is 2. The van der Waals surface area contributed by atoms with Gasteiger partial charge in [-0.05, 0) is 132 Å². The molecule has 3 aliphatic carbocycles. The lowest BCUT2D eigenvalue weighted by atomic mass is 9.66. The maximum absolute atomic E-state index is 6.74. The second-order valence-corrected chi connectivity index (χ2v) is 18.7. The van der Waals surface area contributed by atoms with Gasteiger partial charge < -0.3 is 9.32 Å². The molecule has 10 aromatic carbocycles. The van der Waals surface area contributed by atoms with Crippen molar-refractivity contribution < 1.29 is 4.42 Å². The predicted octanol–water partition coefficient (Wildman–Crippen LogP) is 17.0. The van der Waals surface area contributed by atoms with Crippen molar-refractivity contribution in [2.45, 2.75) is 24.7 Å². The number of anilines is 3. The first-order valence-corrected chi connectivity index (χ1v) is 23.1. The normalized spacial score (nSPS) is 15.6. The summed E-state index contributed by atoms with van der Waals surface area (Å²) >= 11 is 0. The molecule has 3 aliphatic rings. The van der Waals surface area contributed by atoms with Crippen molar-refractivity contribution in [3.05, 3.63) is 258 Å². The average molecular weight is 842 g/mol. The molecule has 310 valence electrons. The van der Waals surface area contributed by atoms with E-state index >= 15 is 0 Å². The number of furan rings is 1. The minimum absolute atomic E-state index is 0.161. The standard InChI is InChI=1S/C64H43NO/c1-63(2)54-27-13-8-24-47(54)49-34-32-42(37-58(49)63)65(60-30-16-11-20-43(60)40-18-4-3-5-19-40)41-33-35-57-51(36-41)45-22-7-6-21-44(45)46-23-9-14-28-55(46)64(57)56-29-15-10-25-48(56)52-38-53-50-26-12-17-31-61(50)66-62(53)39-59(52)64/h3-39H,1-2H3. The number of fused-ring (bicyclic) bond motifs is 18. The summed E-state index contributed by atoms with van der Waals surface area (Å²) in [7, 11) is 0. The number of benzene rings is 10. The first kappa shape index (κ1) is 37.2. The van der Waals surface area contributed by atoms with Crippen molar-refractivity contribution in [2.75, 3.05) is 4.90 Å². The summed E-state index contributed by atoms with van der Waals surface area (Å²) in [5.41, 5.74) is 24.5. The molecule has 1 unspecified atom stereocenters. The lowest BCUT2D eigenvalue weighted by Gasteiger charge is -2.36. The first-order chi connectivity index (χ1) is 32.5.